The van der Waals surface area contributed by atoms with Crippen molar-refractivity contribution in [1.29, 1.82) is 5.26 Å². The number of benzene rings is 2. The zero-order chi connectivity index (χ0) is 15.9. The van der Waals surface area contributed by atoms with Crippen LogP contribution in [0.4, 0.5) is 5.69 Å². The van der Waals surface area contributed by atoms with Gasteiger partial charge in [-0.1, -0.05) is 47.5 Å². The fraction of sp³-hybridized carbons (Fsp3) is 0.0588. The largest absolute Gasteiger partial charge is 0.323 e. The molecule has 0 bridgehead atoms. The second-order valence-corrected chi connectivity index (χ2v) is 5.28. The summed E-state index contributed by atoms with van der Waals surface area (Å²) in [6.45, 7) is 0. The molecule has 3 nitrogen and oxygen atoms in total. The Bertz CT molecular complexity index is 746. The summed E-state index contributed by atoms with van der Waals surface area (Å²) in [5, 5.41) is 12.2. The van der Waals surface area contributed by atoms with Crippen molar-refractivity contribution >= 4 is 40.9 Å². The molecule has 5 heteroatoms. The van der Waals surface area contributed by atoms with Crippen LogP contribution in [0.15, 0.2) is 48.5 Å². The van der Waals surface area contributed by atoms with Crippen LogP contribution in [-0.2, 0) is 11.2 Å². The summed E-state index contributed by atoms with van der Waals surface area (Å²) in [5.74, 6) is -0.274. The highest BCUT2D eigenvalue weighted by molar-refractivity contribution is 6.42. The maximum atomic E-state index is 11.9. The molecular weight excluding hydrogens is 319 g/mol. The van der Waals surface area contributed by atoms with Gasteiger partial charge in [0.25, 0.3) is 0 Å². The Kier molecular flexibility index (Phi) is 5.60. The first-order valence-corrected chi connectivity index (χ1v) is 7.24. The second kappa shape index (κ2) is 7.65. The number of carbonyl (C=O) groups excluding carboxylic acids is 1. The molecule has 110 valence electrons. The summed E-state index contributed by atoms with van der Waals surface area (Å²) in [5.41, 5.74) is 2.24. The lowest BCUT2D eigenvalue weighted by atomic mass is 10.1. The van der Waals surface area contributed by atoms with Crippen molar-refractivity contribution in [2.75, 3.05) is 5.32 Å². The van der Waals surface area contributed by atoms with Crippen molar-refractivity contribution in [2.45, 2.75) is 6.42 Å². The number of nitriles is 1. The Morgan fingerprint density at radius 1 is 1.18 bits per heavy atom. The van der Waals surface area contributed by atoms with E-state index in [0.29, 0.717) is 27.7 Å². The second-order valence-electron chi connectivity index (χ2n) is 4.50. The summed E-state index contributed by atoms with van der Waals surface area (Å²) in [7, 11) is 0. The Morgan fingerprint density at radius 3 is 2.59 bits per heavy atom. The molecule has 1 N–H and O–H groups in total. The maximum Gasteiger partial charge on any atom is 0.248 e. The van der Waals surface area contributed by atoms with Crippen LogP contribution < -0.4 is 5.32 Å². The van der Waals surface area contributed by atoms with E-state index in [4.69, 9.17) is 28.5 Å². The summed E-state index contributed by atoms with van der Waals surface area (Å²) in [6.07, 6.45) is 3.34. The molecule has 0 radical (unpaired) electrons. The number of hydrogen-bond donors (Lipinski definition) is 1. The van der Waals surface area contributed by atoms with Gasteiger partial charge in [0.05, 0.1) is 22.5 Å². The lowest BCUT2D eigenvalue weighted by Crippen LogP contribution is -2.07. The Balaban J connectivity index is 2.02. The molecule has 0 aliphatic heterocycles. The number of halogens is 2. The molecule has 0 aliphatic carbocycles. The van der Waals surface area contributed by atoms with E-state index in [-0.39, 0.29) is 5.91 Å². The van der Waals surface area contributed by atoms with E-state index in [9.17, 15) is 4.79 Å². The van der Waals surface area contributed by atoms with Crippen molar-refractivity contribution in [3.63, 3.8) is 0 Å². The van der Waals surface area contributed by atoms with Crippen LogP contribution in [0, 0.1) is 11.3 Å². The van der Waals surface area contributed by atoms with Gasteiger partial charge in [-0.3, -0.25) is 4.79 Å². The van der Waals surface area contributed by atoms with Crippen LogP contribution in [0.5, 0.6) is 0 Å². The molecule has 0 fully saturated rings. The van der Waals surface area contributed by atoms with Gasteiger partial charge >= 0.3 is 0 Å². The van der Waals surface area contributed by atoms with Crippen LogP contribution in [0.2, 0.25) is 10.0 Å². The summed E-state index contributed by atoms with van der Waals surface area (Å²) >= 11 is 12.0. The molecule has 0 aliphatic rings. The third-order valence-corrected chi connectivity index (χ3v) is 3.73. The fourth-order valence-electron chi connectivity index (χ4n) is 1.80. The molecule has 2 aromatic rings. The highest BCUT2D eigenvalue weighted by Gasteiger charge is 2.02. The topological polar surface area (TPSA) is 52.9 Å². The van der Waals surface area contributed by atoms with E-state index in [1.165, 1.54) is 6.08 Å². The maximum absolute atomic E-state index is 11.9. The van der Waals surface area contributed by atoms with Gasteiger partial charge in [0, 0.05) is 11.8 Å². The van der Waals surface area contributed by atoms with Crippen LogP contribution >= 0.6 is 23.2 Å². The standard InChI is InChI=1S/C17H12Cl2N2O/c18-15-3-1-2-13(17(15)19)6-9-16(22)21-14-7-4-12(5-8-14)10-11-20/h1-9H,10H2,(H,21,22)/b9-6+. The van der Waals surface area contributed by atoms with Gasteiger partial charge in [0.2, 0.25) is 5.91 Å². The van der Waals surface area contributed by atoms with E-state index < -0.39 is 0 Å². The molecular formula is C17H12Cl2N2O. The number of rotatable bonds is 4. The van der Waals surface area contributed by atoms with E-state index in [0.717, 1.165) is 5.56 Å². The Labute approximate surface area is 138 Å². The zero-order valence-corrected chi connectivity index (χ0v) is 13.0. The lowest BCUT2D eigenvalue weighted by Gasteiger charge is -2.03. The normalized spacial score (nSPS) is 10.4. The van der Waals surface area contributed by atoms with Crippen molar-refractivity contribution in [3.05, 3.63) is 69.7 Å². The van der Waals surface area contributed by atoms with Crippen LogP contribution in [-0.4, -0.2) is 5.91 Å². The van der Waals surface area contributed by atoms with E-state index in [1.807, 2.05) is 0 Å². The van der Waals surface area contributed by atoms with Gasteiger partial charge in [-0.2, -0.15) is 5.26 Å². The van der Waals surface area contributed by atoms with Crippen molar-refractivity contribution in [3.8, 4) is 6.07 Å². The minimum atomic E-state index is -0.274. The number of amides is 1. The molecule has 0 saturated carbocycles. The van der Waals surface area contributed by atoms with Crippen LogP contribution in [0.3, 0.4) is 0 Å². The zero-order valence-electron chi connectivity index (χ0n) is 11.5. The van der Waals surface area contributed by atoms with Gasteiger partial charge in [-0.05, 0) is 35.4 Å². The number of hydrogen-bond acceptors (Lipinski definition) is 2. The predicted octanol–water partition coefficient (Wildman–Crippen LogP) is 4.71. The summed E-state index contributed by atoms with van der Waals surface area (Å²) in [6, 6.07) is 14.4. The van der Waals surface area contributed by atoms with Gasteiger partial charge in [0.1, 0.15) is 0 Å². The minimum absolute atomic E-state index is 0.274. The predicted molar refractivity (Wildman–Crippen MR) is 89.9 cm³/mol. The fourth-order valence-corrected chi connectivity index (χ4v) is 2.17. The van der Waals surface area contributed by atoms with Gasteiger partial charge in [-0.25, -0.2) is 0 Å². The van der Waals surface area contributed by atoms with E-state index >= 15 is 0 Å². The highest BCUT2D eigenvalue weighted by Crippen LogP contribution is 2.26. The number of nitrogens with zero attached hydrogens (tertiary/aromatic N) is 1. The number of anilines is 1. The quantitative estimate of drug-likeness (QED) is 0.825. The monoisotopic (exact) mass is 330 g/mol. The third-order valence-electron chi connectivity index (χ3n) is 2.90. The molecule has 22 heavy (non-hydrogen) atoms. The van der Waals surface area contributed by atoms with Crippen molar-refractivity contribution < 1.29 is 4.79 Å². The average molecular weight is 331 g/mol. The van der Waals surface area contributed by atoms with E-state index in [1.54, 1.807) is 48.5 Å². The SMILES string of the molecule is N#CCc1ccc(NC(=O)/C=C/c2cccc(Cl)c2Cl)cc1. The van der Waals surface area contributed by atoms with Gasteiger partial charge in [-0.15, -0.1) is 0 Å². The van der Waals surface area contributed by atoms with Crippen molar-refractivity contribution in [2.24, 2.45) is 0 Å². The average Bonchev–Trinajstić information content (AvgIpc) is 2.51. The molecule has 0 atom stereocenters. The Morgan fingerprint density at radius 2 is 1.91 bits per heavy atom. The molecule has 0 spiro atoms. The smallest absolute Gasteiger partial charge is 0.248 e. The first-order valence-electron chi connectivity index (χ1n) is 6.49. The highest BCUT2D eigenvalue weighted by atomic mass is 35.5. The van der Waals surface area contributed by atoms with Crippen LogP contribution in [0.1, 0.15) is 11.1 Å². The molecule has 0 unspecified atom stereocenters. The molecule has 1 amide bonds. The Hall–Kier alpha value is -2.28. The summed E-state index contributed by atoms with van der Waals surface area (Å²) in [4.78, 5) is 11.9. The molecule has 0 saturated heterocycles. The minimum Gasteiger partial charge on any atom is -0.323 e. The molecule has 2 aromatic carbocycles. The van der Waals surface area contributed by atoms with Gasteiger partial charge < -0.3 is 5.32 Å². The summed E-state index contributed by atoms with van der Waals surface area (Å²) < 4.78 is 0. The van der Waals surface area contributed by atoms with Gasteiger partial charge in [0.15, 0.2) is 0 Å². The first-order chi connectivity index (χ1) is 10.6. The first kappa shape index (κ1) is 16.1. The third kappa shape index (κ3) is 4.36. The van der Waals surface area contributed by atoms with E-state index in [2.05, 4.69) is 11.4 Å². The number of nitrogens with one attached hydrogen (secondary N) is 1. The molecule has 0 aromatic heterocycles. The van der Waals surface area contributed by atoms with Crippen molar-refractivity contribution in [1.82, 2.24) is 0 Å². The molecule has 0 heterocycles. The number of carbonyl (C=O) groups is 1. The van der Waals surface area contributed by atoms with Crippen LogP contribution in [0.25, 0.3) is 6.08 Å². The lowest BCUT2D eigenvalue weighted by molar-refractivity contribution is -0.111. The molecule has 2 rings (SSSR count).